The van der Waals surface area contributed by atoms with Crippen LogP contribution in [-0.2, 0) is 11.3 Å². The lowest BCUT2D eigenvalue weighted by atomic mass is 10.2. The molecule has 8 heteroatoms. The molecule has 3 rings (SSSR count). The quantitative estimate of drug-likeness (QED) is 0.745. The van der Waals surface area contributed by atoms with Crippen molar-refractivity contribution in [3.63, 3.8) is 0 Å². The number of ether oxygens (including phenoxy) is 1. The van der Waals surface area contributed by atoms with Gasteiger partial charge in [0.05, 0.1) is 6.61 Å². The summed E-state index contributed by atoms with van der Waals surface area (Å²) < 4.78 is 5.02. The van der Waals surface area contributed by atoms with Crippen LogP contribution in [-0.4, -0.2) is 71.1 Å². The van der Waals surface area contributed by atoms with Crippen molar-refractivity contribution in [1.29, 1.82) is 0 Å². The molecule has 1 aromatic carbocycles. The number of carbonyl (C=O) groups excluding carboxylic acids is 2. The van der Waals surface area contributed by atoms with E-state index < -0.39 is 0 Å². The Hall–Kier alpha value is -3.16. The van der Waals surface area contributed by atoms with Crippen molar-refractivity contribution >= 4 is 17.9 Å². The second-order valence-corrected chi connectivity index (χ2v) is 6.72. The van der Waals surface area contributed by atoms with Gasteiger partial charge >= 0.3 is 6.09 Å². The van der Waals surface area contributed by atoms with E-state index in [4.69, 9.17) is 4.74 Å². The van der Waals surface area contributed by atoms with Gasteiger partial charge in [-0.2, -0.15) is 0 Å². The molecule has 2 amide bonds. The Labute approximate surface area is 171 Å². The lowest BCUT2D eigenvalue weighted by Gasteiger charge is -2.33. The van der Waals surface area contributed by atoms with E-state index in [-0.39, 0.29) is 12.0 Å². The summed E-state index contributed by atoms with van der Waals surface area (Å²) in [4.78, 5) is 39.0. The summed E-state index contributed by atoms with van der Waals surface area (Å²) in [6.45, 7) is 7.39. The second kappa shape index (κ2) is 9.86. The van der Waals surface area contributed by atoms with Crippen molar-refractivity contribution in [3.05, 3.63) is 53.9 Å². The summed E-state index contributed by atoms with van der Waals surface area (Å²) in [5.41, 5.74) is 1.52. The predicted octanol–water partition coefficient (Wildman–Crippen LogP) is 2.42. The second-order valence-electron chi connectivity index (χ2n) is 6.72. The normalized spacial score (nSPS) is 13.9. The third-order valence-corrected chi connectivity index (χ3v) is 4.84. The maximum absolute atomic E-state index is 12.9. The van der Waals surface area contributed by atoms with Gasteiger partial charge in [0.1, 0.15) is 5.69 Å². The fraction of sp³-hybridized carbons (Fsp3) is 0.429. The van der Waals surface area contributed by atoms with Crippen LogP contribution in [0.3, 0.4) is 0 Å². The highest BCUT2D eigenvalue weighted by atomic mass is 16.6. The maximum atomic E-state index is 12.9. The minimum absolute atomic E-state index is 0.145. The topological polar surface area (TPSA) is 78.9 Å². The van der Waals surface area contributed by atoms with Crippen LogP contribution in [0.4, 0.5) is 10.7 Å². The van der Waals surface area contributed by atoms with Crippen LogP contribution in [0.1, 0.15) is 29.9 Å². The number of hydrogen-bond donors (Lipinski definition) is 0. The summed E-state index contributed by atoms with van der Waals surface area (Å²) >= 11 is 0. The molecule has 8 nitrogen and oxygen atoms in total. The minimum atomic E-state index is -0.330. The Morgan fingerprint density at radius 3 is 2.38 bits per heavy atom. The lowest BCUT2D eigenvalue weighted by molar-refractivity contribution is 0.0566. The van der Waals surface area contributed by atoms with Gasteiger partial charge in [-0.3, -0.25) is 4.79 Å². The van der Waals surface area contributed by atoms with Crippen molar-refractivity contribution in [2.45, 2.75) is 20.4 Å². The highest BCUT2D eigenvalue weighted by molar-refractivity contribution is 5.92. The first-order valence-corrected chi connectivity index (χ1v) is 9.95. The summed E-state index contributed by atoms with van der Waals surface area (Å²) in [6, 6.07) is 11.7. The SMILES string of the molecule is CCOC(=O)N1CCN(C(=O)c2ccnc(N(CC)Cc3ccccc3)n2)CC1. The van der Waals surface area contributed by atoms with Crippen LogP contribution in [0.15, 0.2) is 42.6 Å². The van der Waals surface area contributed by atoms with Gasteiger partial charge in [0, 0.05) is 45.5 Å². The Balaban J connectivity index is 1.65. The molecule has 0 spiro atoms. The molecule has 0 bridgehead atoms. The first-order chi connectivity index (χ1) is 14.1. The van der Waals surface area contributed by atoms with E-state index in [9.17, 15) is 9.59 Å². The van der Waals surface area contributed by atoms with Gasteiger partial charge < -0.3 is 19.4 Å². The molecule has 1 aliphatic heterocycles. The summed E-state index contributed by atoms with van der Waals surface area (Å²) in [6.07, 6.45) is 1.29. The van der Waals surface area contributed by atoms with Crippen LogP contribution in [0.25, 0.3) is 0 Å². The average molecular weight is 397 g/mol. The number of hydrogen-bond acceptors (Lipinski definition) is 6. The molecule has 1 aromatic heterocycles. The van der Waals surface area contributed by atoms with Crippen LogP contribution in [0, 0.1) is 0 Å². The van der Waals surface area contributed by atoms with Gasteiger partial charge in [-0.15, -0.1) is 0 Å². The summed E-state index contributed by atoms with van der Waals surface area (Å²) in [7, 11) is 0. The number of benzene rings is 1. The number of carbonyl (C=O) groups is 2. The molecule has 1 saturated heterocycles. The maximum Gasteiger partial charge on any atom is 0.409 e. The standard InChI is InChI=1S/C21H27N5O3/c1-3-24(16-17-8-6-5-7-9-17)20-22-11-10-18(23-20)19(27)25-12-14-26(15-13-25)21(28)29-4-2/h5-11H,3-4,12-16H2,1-2H3. The summed E-state index contributed by atoms with van der Waals surface area (Å²) in [5.74, 6) is 0.389. The van der Waals surface area contributed by atoms with E-state index in [1.165, 1.54) is 0 Å². The zero-order valence-corrected chi connectivity index (χ0v) is 17.0. The van der Waals surface area contributed by atoms with Gasteiger partial charge in [-0.25, -0.2) is 14.8 Å². The molecule has 154 valence electrons. The van der Waals surface area contributed by atoms with Crippen LogP contribution < -0.4 is 4.90 Å². The van der Waals surface area contributed by atoms with Gasteiger partial charge in [0.15, 0.2) is 0 Å². The third-order valence-electron chi connectivity index (χ3n) is 4.84. The van der Waals surface area contributed by atoms with Crippen LogP contribution >= 0.6 is 0 Å². The zero-order valence-electron chi connectivity index (χ0n) is 17.0. The van der Waals surface area contributed by atoms with E-state index in [0.717, 1.165) is 12.1 Å². The molecular formula is C21H27N5O3. The Bertz CT molecular complexity index is 822. The Morgan fingerprint density at radius 2 is 1.72 bits per heavy atom. The molecular weight excluding hydrogens is 370 g/mol. The van der Waals surface area contributed by atoms with Crippen molar-refractivity contribution in [2.24, 2.45) is 0 Å². The van der Waals surface area contributed by atoms with Crippen molar-refractivity contribution in [3.8, 4) is 0 Å². The summed E-state index contributed by atoms with van der Waals surface area (Å²) in [5, 5.41) is 0. The molecule has 0 saturated carbocycles. The molecule has 2 aromatic rings. The molecule has 0 N–H and O–H groups in total. The Kier molecular flexibility index (Phi) is 6.99. The first kappa shape index (κ1) is 20.6. The number of amides is 2. The number of piperazine rings is 1. The van der Waals surface area contributed by atoms with Gasteiger partial charge in [0.2, 0.25) is 5.95 Å². The molecule has 0 unspecified atom stereocenters. The number of anilines is 1. The van der Waals surface area contributed by atoms with Crippen molar-refractivity contribution in [2.75, 3.05) is 44.2 Å². The predicted molar refractivity (Wildman–Crippen MR) is 110 cm³/mol. The average Bonchev–Trinajstić information content (AvgIpc) is 2.78. The van der Waals surface area contributed by atoms with E-state index >= 15 is 0 Å². The Morgan fingerprint density at radius 1 is 1.03 bits per heavy atom. The third kappa shape index (κ3) is 5.22. The van der Waals surface area contributed by atoms with E-state index in [0.29, 0.717) is 51.0 Å². The van der Waals surface area contributed by atoms with Crippen LogP contribution in [0.2, 0.25) is 0 Å². The molecule has 0 atom stereocenters. The molecule has 1 fully saturated rings. The molecule has 0 aliphatic carbocycles. The number of rotatable bonds is 6. The fourth-order valence-electron chi connectivity index (χ4n) is 3.22. The van der Waals surface area contributed by atoms with Gasteiger partial charge in [-0.05, 0) is 25.5 Å². The van der Waals surface area contributed by atoms with Crippen molar-refractivity contribution < 1.29 is 14.3 Å². The van der Waals surface area contributed by atoms with Gasteiger partial charge in [0.25, 0.3) is 5.91 Å². The zero-order chi connectivity index (χ0) is 20.6. The molecule has 0 radical (unpaired) electrons. The lowest BCUT2D eigenvalue weighted by Crippen LogP contribution is -2.50. The van der Waals surface area contributed by atoms with E-state index in [1.54, 1.807) is 29.0 Å². The number of nitrogens with zero attached hydrogens (tertiary/aromatic N) is 5. The fourth-order valence-corrected chi connectivity index (χ4v) is 3.22. The molecule has 29 heavy (non-hydrogen) atoms. The highest BCUT2D eigenvalue weighted by Gasteiger charge is 2.26. The highest BCUT2D eigenvalue weighted by Crippen LogP contribution is 2.14. The minimum Gasteiger partial charge on any atom is -0.450 e. The van der Waals surface area contributed by atoms with E-state index in [1.807, 2.05) is 30.0 Å². The number of aromatic nitrogens is 2. The van der Waals surface area contributed by atoms with E-state index in [2.05, 4.69) is 22.1 Å². The largest absolute Gasteiger partial charge is 0.450 e. The molecule has 1 aliphatic rings. The molecule has 2 heterocycles. The first-order valence-electron chi connectivity index (χ1n) is 9.95. The van der Waals surface area contributed by atoms with Gasteiger partial charge in [-0.1, -0.05) is 30.3 Å². The monoisotopic (exact) mass is 397 g/mol. The van der Waals surface area contributed by atoms with Crippen molar-refractivity contribution in [1.82, 2.24) is 19.8 Å². The smallest absolute Gasteiger partial charge is 0.409 e. The van der Waals surface area contributed by atoms with Crippen LogP contribution in [0.5, 0.6) is 0 Å².